The van der Waals surface area contributed by atoms with Crippen molar-refractivity contribution >= 4 is 0 Å². The highest BCUT2D eigenvalue weighted by Crippen LogP contribution is 2.01. The van der Waals surface area contributed by atoms with Gasteiger partial charge in [-0.3, -0.25) is 0 Å². The van der Waals surface area contributed by atoms with Crippen molar-refractivity contribution in [3.05, 3.63) is 24.7 Å². The summed E-state index contributed by atoms with van der Waals surface area (Å²) in [5.74, 6) is 0. The fraction of sp³-hybridized carbons (Fsp3) is 0.714. The molecule has 0 saturated heterocycles. The molecule has 0 saturated carbocycles. The largest absolute Gasteiger partial charge is 0.473 e. The highest BCUT2D eigenvalue weighted by molar-refractivity contribution is 4.79. The van der Waals surface area contributed by atoms with E-state index in [1.54, 1.807) is 12.5 Å². The summed E-state index contributed by atoms with van der Waals surface area (Å²) in [6.45, 7) is 4.44. The van der Waals surface area contributed by atoms with E-state index in [0.717, 1.165) is 12.8 Å². The summed E-state index contributed by atoms with van der Waals surface area (Å²) in [5.41, 5.74) is 0. The Morgan fingerprint density at radius 3 is 1.60 bits per heavy atom. The van der Waals surface area contributed by atoms with Crippen molar-refractivity contribution in [2.45, 2.75) is 65.2 Å². The van der Waals surface area contributed by atoms with E-state index in [2.05, 4.69) is 26.0 Å². The maximum Gasteiger partial charge on any atom is 0.0861 e. The van der Waals surface area contributed by atoms with Crippen LogP contribution in [0.3, 0.4) is 0 Å². The topological polar surface area (TPSA) is 9.23 Å². The van der Waals surface area contributed by atoms with Crippen LogP contribution >= 0.6 is 0 Å². The summed E-state index contributed by atoms with van der Waals surface area (Å²) in [4.78, 5) is 0. The summed E-state index contributed by atoms with van der Waals surface area (Å²) < 4.78 is 5.23. The molecule has 0 atom stereocenters. The van der Waals surface area contributed by atoms with Crippen molar-refractivity contribution in [1.29, 1.82) is 0 Å². The molecule has 1 nitrogen and oxygen atoms in total. The Morgan fingerprint density at radius 2 is 1.20 bits per heavy atom. The van der Waals surface area contributed by atoms with Gasteiger partial charge in [0.25, 0.3) is 0 Å². The molecule has 1 heteroatoms. The van der Waals surface area contributed by atoms with E-state index in [0.29, 0.717) is 0 Å². The standard InChI is InChI=1S/C14H26O/c1-3-5-7-9-11-13-15-14-12-10-8-6-4-2/h11-14H,3-10H2,1-2H3. The van der Waals surface area contributed by atoms with Gasteiger partial charge < -0.3 is 4.74 Å². The number of hydrogen-bond donors (Lipinski definition) is 0. The Morgan fingerprint density at radius 1 is 0.733 bits per heavy atom. The normalized spacial score (nSPS) is 11.6. The van der Waals surface area contributed by atoms with Crippen molar-refractivity contribution in [3.8, 4) is 0 Å². The van der Waals surface area contributed by atoms with E-state index in [1.807, 2.05) is 0 Å². The SMILES string of the molecule is CCCCCC=COC=CCCCCC. The number of hydrogen-bond acceptors (Lipinski definition) is 1. The maximum atomic E-state index is 5.23. The second-order valence-corrected chi connectivity index (χ2v) is 3.87. The minimum Gasteiger partial charge on any atom is -0.473 e. The van der Waals surface area contributed by atoms with Gasteiger partial charge in [0.2, 0.25) is 0 Å². The molecule has 0 bridgehead atoms. The van der Waals surface area contributed by atoms with E-state index in [4.69, 9.17) is 4.74 Å². The van der Waals surface area contributed by atoms with E-state index >= 15 is 0 Å². The Bertz CT molecular complexity index is 141. The zero-order valence-electron chi connectivity index (χ0n) is 10.4. The average Bonchev–Trinajstić information content (AvgIpc) is 2.26. The van der Waals surface area contributed by atoms with Gasteiger partial charge in [-0.1, -0.05) is 39.5 Å². The smallest absolute Gasteiger partial charge is 0.0861 e. The van der Waals surface area contributed by atoms with Gasteiger partial charge in [-0.15, -0.1) is 0 Å². The summed E-state index contributed by atoms with van der Waals surface area (Å²) >= 11 is 0. The molecule has 0 heterocycles. The molecule has 0 aliphatic heterocycles. The quantitative estimate of drug-likeness (QED) is 0.356. The molecule has 0 amide bonds. The van der Waals surface area contributed by atoms with Crippen molar-refractivity contribution in [1.82, 2.24) is 0 Å². The third-order valence-corrected chi connectivity index (χ3v) is 2.30. The molecule has 0 spiro atoms. The van der Waals surface area contributed by atoms with Gasteiger partial charge >= 0.3 is 0 Å². The number of rotatable bonds is 10. The molecule has 0 aromatic rings. The van der Waals surface area contributed by atoms with Crippen molar-refractivity contribution in [2.75, 3.05) is 0 Å². The van der Waals surface area contributed by atoms with Gasteiger partial charge in [0.1, 0.15) is 0 Å². The van der Waals surface area contributed by atoms with Gasteiger partial charge in [-0.25, -0.2) is 0 Å². The lowest BCUT2D eigenvalue weighted by Crippen LogP contribution is -1.73. The van der Waals surface area contributed by atoms with E-state index < -0.39 is 0 Å². The fourth-order valence-corrected chi connectivity index (χ4v) is 1.32. The molecule has 0 fully saturated rings. The third-order valence-electron chi connectivity index (χ3n) is 2.30. The molecule has 0 aromatic heterocycles. The van der Waals surface area contributed by atoms with Crippen LogP contribution in [-0.4, -0.2) is 0 Å². The van der Waals surface area contributed by atoms with Crippen LogP contribution in [0.5, 0.6) is 0 Å². The molecule has 0 aliphatic rings. The predicted molar refractivity (Wildman–Crippen MR) is 67.6 cm³/mol. The maximum absolute atomic E-state index is 5.23. The molecular weight excluding hydrogens is 184 g/mol. The Hall–Kier alpha value is -0.720. The molecule has 0 radical (unpaired) electrons. The van der Waals surface area contributed by atoms with Crippen LogP contribution in [0.15, 0.2) is 24.7 Å². The summed E-state index contributed by atoms with van der Waals surface area (Å²) in [6.07, 6.45) is 17.8. The minimum absolute atomic E-state index is 1.14. The van der Waals surface area contributed by atoms with Gasteiger partial charge in [0.15, 0.2) is 0 Å². The Kier molecular flexibility index (Phi) is 12.6. The molecule has 0 aromatic carbocycles. The molecular formula is C14H26O. The van der Waals surface area contributed by atoms with E-state index in [-0.39, 0.29) is 0 Å². The zero-order valence-corrected chi connectivity index (χ0v) is 10.4. The first kappa shape index (κ1) is 14.3. The van der Waals surface area contributed by atoms with Crippen LogP contribution in [0.25, 0.3) is 0 Å². The lowest BCUT2D eigenvalue weighted by atomic mass is 10.2. The van der Waals surface area contributed by atoms with Crippen molar-refractivity contribution in [2.24, 2.45) is 0 Å². The number of allylic oxidation sites excluding steroid dienone is 2. The highest BCUT2D eigenvalue weighted by Gasteiger charge is 1.82. The third kappa shape index (κ3) is 13.3. The summed E-state index contributed by atoms with van der Waals surface area (Å²) in [7, 11) is 0. The zero-order chi connectivity index (χ0) is 11.2. The summed E-state index contributed by atoms with van der Waals surface area (Å²) in [5, 5.41) is 0. The molecule has 0 aliphatic carbocycles. The first-order chi connectivity index (χ1) is 7.41. The lowest BCUT2D eigenvalue weighted by Gasteiger charge is -1.93. The average molecular weight is 210 g/mol. The first-order valence-corrected chi connectivity index (χ1v) is 6.37. The Balaban J connectivity index is 3.14. The van der Waals surface area contributed by atoms with Crippen LogP contribution in [0.2, 0.25) is 0 Å². The number of ether oxygens (including phenoxy) is 1. The second-order valence-electron chi connectivity index (χ2n) is 3.87. The van der Waals surface area contributed by atoms with Crippen LogP contribution < -0.4 is 0 Å². The van der Waals surface area contributed by atoms with Crippen LogP contribution in [0, 0.1) is 0 Å². The van der Waals surface area contributed by atoms with Crippen molar-refractivity contribution in [3.63, 3.8) is 0 Å². The second kappa shape index (κ2) is 13.3. The predicted octanol–water partition coefficient (Wildman–Crippen LogP) is 5.19. The highest BCUT2D eigenvalue weighted by atomic mass is 16.5. The van der Waals surface area contributed by atoms with Crippen molar-refractivity contribution < 1.29 is 4.74 Å². The van der Waals surface area contributed by atoms with Crippen LogP contribution in [0.1, 0.15) is 65.2 Å². The molecule has 0 rings (SSSR count). The molecule has 15 heavy (non-hydrogen) atoms. The molecule has 0 unspecified atom stereocenters. The lowest BCUT2D eigenvalue weighted by molar-refractivity contribution is 0.398. The molecule has 0 N–H and O–H groups in total. The van der Waals surface area contributed by atoms with Gasteiger partial charge in [-0.2, -0.15) is 0 Å². The summed E-state index contributed by atoms with van der Waals surface area (Å²) in [6, 6.07) is 0. The van der Waals surface area contributed by atoms with Crippen LogP contribution in [-0.2, 0) is 4.74 Å². The van der Waals surface area contributed by atoms with Crippen LogP contribution in [0.4, 0.5) is 0 Å². The molecule has 88 valence electrons. The monoisotopic (exact) mass is 210 g/mol. The number of unbranched alkanes of at least 4 members (excludes halogenated alkanes) is 6. The van der Waals surface area contributed by atoms with E-state index in [9.17, 15) is 0 Å². The first-order valence-electron chi connectivity index (χ1n) is 6.37. The van der Waals surface area contributed by atoms with Gasteiger partial charge in [0.05, 0.1) is 12.5 Å². The Labute approximate surface area is 95.2 Å². The van der Waals surface area contributed by atoms with Gasteiger partial charge in [-0.05, 0) is 37.8 Å². The fourth-order valence-electron chi connectivity index (χ4n) is 1.32. The van der Waals surface area contributed by atoms with Gasteiger partial charge in [0, 0.05) is 0 Å². The minimum atomic E-state index is 1.14. The van der Waals surface area contributed by atoms with E-state index in [1.165, 1.54) is 38.5 Å².